The van der Waals surface area contributed by atoms with Crippen molar-refractivity contribution in [3.8, 4) is 17.6 Å². The van der Waals surface area contributed by atoms with E-state index >= 15 is 0 Å². The Labute approximate surface area is 193 Å². The van der Waals surface area contributed by atoms with Crippen LogP contribution in [0.15, 0.2) is 77.7 Å². The molecule has 3 rings (SSSR count). The molecule has 8 nitrogen and oxygen atoms in total. The number of ether oxygens (including phenoxy) is 2. The summed E-state index contributed by atoms with van der Waals surface area (Å²) in [6.07, 6.45) is 0.263. The van der Waals surface area contributed by atoms with Crippen molar-refractivity contribution in [2.45, 2.75) is 11.3 Å². The molecule has 0 radical (unpaired) electrons. The summed E-state index contributed by atoms with van der Waals surface area (Å²) in [5.74, 6) is 0.129. The largest absolute Gasteiger partial charge is 0.493 e. The van der Waals surface area contributed by atoms with Gasteiger partial charge < -0.3 is 14.8 Å². The van der Waals surface area contributed by atoms with Gasteiger partial charge >= 0.3 is 0 Å². The normalized spacial score (nSPS) is 10.7. The van der Waals surface area contributed by atoms with Crippen LogP contribution in [0.3, 0.4) is 0 Å². The fraction of sp³-hybridized carbons (Fsp3) is 0.167. The van der Waals surface area contributed by atoms with Crippen molar-refractivity contribution in [3.63, 3.8) is 0 Å². The Bertz CT molecular complexity index is 1250. The number of hydrogen-bond acceptors (Lipinski definition) is 6. The highest BCUT2D eigenvalue weighted by Gasteiger charge is 2.28. The molecule has 0 aromatic heterocycles. The quantitative estimate of drug-likeness (QED) is 0.517. The molecule has 3 aromatic rings. The molecule has 3 aromatic carbocycles. The van der Waals surface area contributed by atoms with Crippen molar-refractivity contribution >= 4 is 27.3 Å². The maximum absolute atomic E-state index is 13.5. The molecule has 1 N–H and O–H groups in total. The van der Waals surface area contributed by atoms with E-state index < -0.39 is 22.5 Å². The second-order valence-corrected chi connectivity index (χ2v) is 8.81. The van der Waals surface area contributed by atoms with Crippen LogP contribution < -0.4 is 19.1 Å². The van der Waals surface area contributed by atoms with E-state index in [2.05, 4.69) is 11.4 Å². The van der Waals surface area contributed by atoms with E-state index in [4.69, 9.17) is 14.7 Å². The number of carbonyl (C=O) groups is 1. The summed E-state index contributed by atoms with van der Waals surface area (Å²) in [5, 5.41) is 11.5. The van der Waals surface area contributed by atoms with Crippen molar-refractivity contribution in [2.24, 2.45) is 0 Å². The summed E-state index contributed by atoms with van der Waals surface area (Å²) in [6, 6.07) is 21.5. The lowest BCUT2D eigenvalue weighted by molar-refractivity contribution is -0.114. The van der Waals surface area contributed by atoms with E-state index in [1.807, 2.05) is 0 Å². The first-order chi connectivity index (χ1) is 15.9. The van der Waals surface area contributed by atoms with E-state index in [-0.39, 0.29) is 17.1 Å². The molecule has 0 heterocycles. The Morgan fingerprint density at radius 3 is 2.24 bits per heavy atom. The molecule has 0 aliphatic carbocycles. The smallest absolute Gasteiger partial charge is 0.264 e. The monoisotopic (exact) mass is 465 g/mol. The lowest BCUT2D eigenvalue weighted by Gasteiger charge is -2.24. The van der Waals surface area contributed by atoms with Gasteiger partial charge in [0.25, 0.3) is 10.0 Å². The van der Waals surface area contributed by atoms with Crippen LogP contribution in [0.25, 0.3) is 0 Å². The van der Waals surface area contributed by atoms with Crippen molar-refractivity contribution in [1.29, 1.82) is 5.26 Å². The van der Waals surface area contributed by atoms with E-state index in [9.17, 15) is 13.2 Å². The number of nitrogens with zero attached hydrogens (tertiary/aromatic N) is 2. The van der Waals surface area contributed by atoms with Crippen LogP contribution in [0, 0.1) is 11.3 Å². The predicted octanol–water partition coefficient (Wildman–Crippen LogP) is 3.60. The highest BCUT2D eigenvalue weighted by Crippen LogP contribution is 2.32. The third-order valence-corrected chi connectivity index (χ3v) is 6.57. The molecular weight excluding hydrogens is 442 g/mol. The summed E-state index contributed by atoms with van der Waals surface area (Å²) in [5.41, 5.74) is 1.66. The second-order valence-electron chi connectivity index (χ2n) is 6.94. The molecule has 9 heteroatoms. The highest BCUT2D eigenvalue weighted by atomic mass is 32.2. The Balaban J connectivity index is 1.90. The standard InChI is InChI=1S/C24H23N3O5S/c1-31-22-13-12-21(16-23(22)32-2)33(29,30)27(20-6-4-3-5-7-20)17-24(28)26-19-10-8-18(9-11-19)14-15-25/h3-13,16H,14,17H2,1-2H3,(H,26,28). The molecule has 0 saturated heterocycles. The number of methoxy groups -OCH3 is 2. The zero-order valence-corrected chi connectivity index (χ0v) is 19.0. The topological polar surface area (TPSA) is 109 Å². The molecule has 1 amide bonds. The second kappa shape index (κ2) is 10.5. The molecule has 0 aliphatic rings. The number of carbonyl (C=O) groups excluding carboxylic acids is 1. The summed E-state index contributed by atoms with van der Waals surface area (Å²) in [4.78, 5) is 12.8. The van der Waals surface area contributed by atoms with E-state index in [0.29, 0.717) is 17.1 Å². The molecular formula is C24H23N3O5S. The first kappa shape index (κ1) is 23.6. The molecule has 33 heavy (non-hydrogen) atoms. The van der Waals surface area contributed by atoms with Crippen LogP contribution in [0.4, 0.5) is 11.4 Å². The van der Waals surface area contributed by atoms with Crippen LogP contribution in [0.2, 0.25) is 0 Å². The first-order valence-electron chi connectivity index (χ1n) is 9.94. The minimum Gasteiger partial charge on any atom is -0.493 e. The van der Waals surface area contributed by atoms with E-state index in [1.165, 1.54) is 32.4 Å². The summed E-state index contributed by atoms with van der Waals surface area (Å²) < 4.78 is 38.5. The number of rotatable bonds is 9. The molecule has 0 aliphatic heterocycles. The van der Waals surface area contributed by atoms with Crippen LogP contribution in [-0.2, 0) is 21.2 Å². The van der Waals surface area contributed by atoms with Crippen LogP contribution >= 0.6 is 0 Å². The third-order valence-electron chi connectivity index (χ3n) is 4.80. The molecule has 0 bridgehead atoms. The van der Waals surface area contributed by atoms with Crippen molar-refractivity contribution < 1.29 is 22.7 Å². The lowest BCUT2D eigenvalue weighted by Crippen LogP contribution is -2.38. The van der Waals surface area contributed by atoms with Gasteiger partial charge in [0.05, 0.1) is 37.3 Å². The van der Waals surface area contributed by atoms with Crippen LogP contribution in [0.1, 0.15) is 5.56 Å². The van der Waals surface area contributed by atoms with Gasteiger partial charge in [-0.1, -0.05) is 30.3 Å². The van der Waals surface area contributed by atoms with Gasteiger partial charge in [-0.3, -0.25) is 9.10 Å². The van der Waals surface area contributed by atoms with Crippen LogP contribution in [0.5, 0.6) is 11.5 Å². The van der Waals surface area contributed by atoms with Crippen molar-refractivity contribution in [1.82, 2.24) is 0 Å². The summed E-state index contributed by atoms with van der Waals surface area (Å²) in [6.45, 7) is -0.444. The third kappa shape index (κ3) is 5.61. The average Bonchev–Trinajstić information content (AvgIpc) is 2.84. The Kier molecular flexibility index (Phi) is 7.53. The number of hydrogen-bond donors (Lipinski definition) is 1. The number of nitriles is 1. The lowest BCUT2D eigenvalue weighted by atomic mass is 10.1. The molecule has 0 unspecified atom stereocenters. The molecule has 0 atom stereocenters. The Morgan fingerprint density at radius 1 is 0.970 bits per heavy atom. The van der Waals surface area contributed by atoms with Gasteiger partial charge in [-0.25, -0.2) is 8.42 Å². The van der Waals surface area contributed by atoms with Gasteiger partial charge in [0.1, 0.15) is 6.54 Å². The fourth-order valence-electron chi connectivity index (χ4n) is 3.14. The minimum absolute atomic E-state index is 0.0438. The SMILES string of the molecule is COc1ccc(S(=O)(=O)N(CC(=O)Nc2ccc(CC#N)cc2)c2ccccc2)cc1OC. The van der Waals surface area contributed by atoms with Gasteiger partial charge in [0, 0.05) is 11.8 Å². The van der Waals surface area contributed by atoms with Crippen molar-refractivity contribution in [3.05, 3.63) is 78.4 Å². The van der Waals surface area contributed by atoms with E-state index in [0.717, 1.165) is 9.87 Å². The summed E-state index contributed by atoms with van der Waals surface area (Å²) in [7, 11) is -1.24. The fourth-order valence-corrected chi connectivity index (χ4v) is 4.58. The zero-order valence-electron chi connectivity index (χ0n) is 18.2. The number of nitrogens with one attached hydrogen (secondary N) is 1. The van der Waals surface area contributed by atoms with Gasteiger partial charge in [-0.05, 0) is 42.0 Å². The van der Waals surface area contributed by atoms with Gasteiger partial charge in [0.2, 0.25) is 5.91 Å². The van der Waals surface area contributed by atoms with Gasteiger partial charge in [-0.15, -0.1) is 0 Å². The molecule has 0 fully saturated rings. The Morgan fingerprint density at radius 2 is 1.64 bits per heavy atom. The maximum atomic E-state index is 13.5. The van der Waals surface area contributed by atoms with E-state index in [1.54, 1.807) is 54.6 Å². The van der Waals surface area contributed by atoms with Crippen LogP contribution in [-0.4, -0.2) is 35.1 Å². The van der Waals surface area contributed by atoms with Crippen molar-refractivity contribution in [2.75, 3.05) is 30.4 Å². The van der Waals surface area contributed by atoms with Gasteiger partial charge in [-0.2, -0.15) is 5.26 Å². The number of sulfonamides is 1. The maximum Gasteiger partial charge on any atom is 0.264 e. The van der Waals surface area contributed by atoms with Gasteiger partial charge in [0.15, 0.2) is 11.5 Å². The predicted molar refractivity (Wildman–Crippen MR) is 125 cm³/mol. The number of amides is 1. The number of anilines is 2. The average molecular weight is 466 g/mol. The zero-order chi connectivity index (χ0) is 23.8. The Hall–Kier alpha value is -4.03. The number of para-hydroxylation sites is 1. The first-order valence-corrected chi connectivity index (χ1v) is 11.4. The highest BCUT2D eigenvalue weighted by molar-refractivity contribution is 7.92. The molecule has 0 saturated carbocycles. The number of benzene rings is 3. The summed E-state index contributed by atoms with van der Waals surface area (Å²) >= 11 is 0. The molecule has 170 valence electrons. The molecule has 0 spiro atoms. The minimum atomic E-state index is -4.11.